The van der Waals surface area contributed by atoms with Crippen LogP contribution in [-0.2, 0) is 6.42 Å². The molecule has 0 aliphatic carbocycles. The first-order chi connectivity index (χ1) is 9.69. The molecule has 3 rings (SSSR count). The van der Waals surface area contributed by atoms with Gasteiger partial charge in [0.25, 0.3) is 0 Å². The zero-order chi connectivity index (χ0) is 14.1. The average Bonchev–Trinajstić information content (AvgIpc) is 2.94. The van der Waals surface area contributed by atoms with Crippen molar-refractivity contribution in [1.82, 2.24) is 14.8 Å². The zero-order valence-electron chi connectivity index (χ0n) is 13.0. The van der Waals surface area contributed by atoms with Crippen LogP contribution in [0.2, 0.25) is 0 Å². The summed E-state index contributed by atoms with van der Waals surface area (Å²) < 4.78 is 0. The molecule has 1 aromatic rings. The van der Waals surface area contributed by atoms with Crippen molar-refractivity contribution in [2.75, 3.05) is 19.6 Å². The standard InChI is InChI=1S/C16H27N3S/c1-4-15-9-17-16(20-15)13(3)19-11-14-7-5-6-8-18(14)10-12(19)2/h9,12-14H,4-8,10-11H2,1-3H3. The van der Waals surface area contributed by atoms with Gasteiger partial charge in [-0.05, 0) is 39.7 Å². The Kier molecular flexibility index (Phi) is 4.43. The van der Waals surface area contributed by atoms with Crippen LogP contribution in [0.25, 0.3) is 0 Å². The van der Waals surface area contributed by atoms with Crippen molar-refractivity contribution in [3.8, 4) is 0 Å². The van der Waals surface area contributed by atoms with Crippen LogP contribution in [0.5, 0.6) is 0 Å². The summed E-state index contributed by atoms with van der Waals surface area (Å²) in [5, 5.41) is 1.30. The molecule has 2 fully saturated rings. The first-order valence-corrected chi connectivity index (χ1v) is 8.95. The third-order valence-corrected chi connectivity index (χ3v) is 6.32. The second-order valence-electron chi connectivity index (χ2n) is 6.38. The van der Waals surface area contributed by atoms with Gasteiger partial charge in [-0.25, -0.2) is 4.98 Å². The van der Waals surface area contributed by atoms with Crippen LogP contribution in [0.3, 0.4) is 0 Å². The van der Waals surface area contributed by atoms with Gasteiger partial charge in [0.1, 0.15) is 5.01 Å². The number of fused-ring (bicyclic) bond motifs is 1. The minimum absolute atomic E-state index is 0.472. The van der Waals surface area contributed by atoms with Crippen LogP contribution >= 0.6 is 11.3 Å². The predicted molar refractivity (Wildman–Crippen MR) is 85.3 cm³/mol. The van der Waals surface area contributed by atoms with E-state index in [2.05, 4.69) is 41.8 Å². The fourth-order valence-electron chi connectivity index (χ4n) is 3.74. The van der Waals surface area contributed by atoms with E-state index in [9.17, 15) is 0 Å². The van der Waals surface area contributed by atoms with Crippen molar-refractivity contribution in [3.63, 3.8) is 0 Å². The molecule has 0 radical (unpaired) electrons. The molecule has 0 bridgehead atoms. The highest BCUT2D eigenvalue weighted by molar-refractivity contribution is 7.11. The van der Waals surface area contributed by atoms with Crippen molar-refractivity contribution < 1.29 is 0 Å². The highest BCUT2D eigenvalue weighted by atomic mass is 32.1. The molecule has 3 atom stereocenters. The second kappa shape index (κ2) is 6.12. The van der Waals surface area contributed by atoms with Gasteiger partial charge in [0.15, 0.2) is 0 Å². The average molecular weight is 293 g/mol. The van der Waals surface area contributed by atoms with E-state index < -0.39 is 0 Å². The van der Waals surface area contributed by atoms with E-state index in [-0.39, 0.29) is 0 Å². The van der Waals surface area contributed by atoms with Crippen LogP contribution in [0.1, 0.15) is 56.0 Å². The van der Waals surface area contributed by atoms with Gasteiger partial charge < -0.3 is 0 Å². The lowest BCUT2D eigenvalue weighted by molar-refractivity contribution is -0.00463. The Morgan fingerprint density at radius 2 is 2.25 bits per heavy atom. The lowest BCUT2D eigenvalue weighted by atomic mass is 9.96. The van der Waals surface area contributed by atoms with E-state index in [0.717, 1.165) is 12.5 Å². The smallest absolute Gasteiger partial charge is 0.110 e. The zero-order valence-corrected chi connectivity index (χ0v) is 13.8. The van der Waals surface area contributed by atoms with Gasteiger partial charge in [0.2, 0.25) is 0 Å². The molecule has 0 N–H and O–H groups in total. The van der Waals surface area contributed by atoms with Crippen LogP contribution in [-0.4, -0.2) is 46.5 Å². The normalized spacial score (nSPS) is 30.1. The number of aryl methyl sites for hydroxylation is 1. The number of piperazine rings is 1. The highest BCUT2D eigenvalue weighted by Crippen LogP contribution is 2.32. The number of thiazole rings is 1. The van der Waals surface area contributed by atoms with Crippen molar-refractivity contribution in [2.45, 2.75) is 64.6 Å². The monoisotopic (exact) mass is 293 g/mol. The van der Waals surface area contributed by atoms with Crippen LogP contribution < -0.4 is 0 Å². The lowest BCUT2D eigenvalue weighted by Gasteiger charge is -2.49. The van der Waals surface area contributed by atoms with E-state index in [1.54, 1.807) is 0 Å². The molecule has 2 aliphatic rings. The van der Waals surface area contributed by atoms with Crippen molar-refractivity contribution in [3.05, 3.63) is 16.1 Å². The Morgan fingerprint density at radius 3 is 3.00 bits per heavy atom. The third-order valence-electron chi connectivity index (χ3n) is 5.01. The van der Waals surface area contributed by atoms with Gasteiger partial charge in [-0.1, -0.05) is 13.3 Å². The largest absolute Gasteiger partial charge is 0.298 e. The van der Waals surface area contributed by atoms with Gasteiger partial charge >= 0.3 is 0 Å². The van der Waals surface area contributed by atoms with Gasteiger partial charge in [-0.2, -0.15) is 0 Å². The highest BCUT2D eigenvalue weighted by Gasteiger charge is 2.35. The maximum atomic E-state index is 4.66. The first-order valence-electron chi connectivity index (χ1n) is 8.13. The lowest BCUT2D eigenvalue weighted by Crippen LogP contribution is -2.58. The molecule has 2 saturated heterocycles. The van der Waals surface area contributed by atoms with Gasteiger partial charge in [0, 0.05) is 36.2 Å². The number of rotatable bonds is 3. The summed E-state index contributed by atoms with van der Waals surface area (Å²) >= 11 is 1.90. The molecule has 0 aromatic carbocycles. The Bertz CT molecular complexity index is 445. The van der Waals surface area contributed by atoms with Crippen LogP contribution in [0, 0.1) is 0 Å². The van der Waals surface area contributed by atoms with Crippen molar-refractivity contribution in [2.24, 2.45) is 0 Å². The minimum Gasteiger partial charge on any atom is -0.298 e. The second-order valence-corrected chi connectivity index (χ2v) is 7.53. The summed E-state index contributed by atoms with van der Waals surface area (Å²) in [6, 6.07) is 1.90. The van der Waals surface area contributed by atoms with Crippen molar-refractivity contribution >= 4 is 11.3 Å². The number of nitrogens with zero attached hydrogens (tertiary/aromatic N) is 3. The first kappa shape index (κ1) is 14.5. The Labute approximate surface area is 127 Å². The van der Waals surface area contributed by atoms with E-state index in [1.807, 2.05) is 11.3 Å². The Hall–Kier alpha value is -0.450. The number of aromatic nitrogens is 1. The van der Waals surface area contributed by atoms with Gasteiger partial charge in [-0.15, -0.1) is 11.3 Å². The maximum Gasteiger partial charge on any atom is 0.110 e. The summed E-state index contributed by atoms with van der Waals surface area (Å²) in [5.41, 5.74) is 0. The van der Waals surface area contributed by atoms with E-state index >= 15 is 0 Å². The third kappa shape index (κ3) is 2.78. The summed E-state index contributed by atoms with van der Waals surface area (Å²) in [4.78, 5) is 11.5. The SMILES string of the molecule is CCc1cnc(C(C)N2CC3CCCCN3CC2C)s1. The molecule has 3 heterocycles. The summed E-state index contributed by atoms with van der Waals surface area (Å²) in [7, 11) is 0. The minimum atomic E-state index is 0.472. The van der Waals surface area contributed by atoms with E-state index in [1.165, 1.54) is 48.8 Å². The van der Waals surface area contributed by atoms with Gasteiger partial charge in [0.05, 0.1) is 6.04 Å². The Balaban J connectivity index is 1.71. The molecule has 2 aliphatic heterocycles. The number of hydrogen-bond donors (Lipinski definition) is 0. The molecule has 0 saturated carbocycles. The number of piperidine rings is 1. The molecule has 0 amide bonds. The van der Waals surface area contributed by atoms with E-state index in [4.69, 9.17) is 0 Å². The summed E-state index contributed by atoms with van der Waals surface area (Å²) in [6.45, 7) is 10.7. The molecule has 112 valence electrons. The molecular weight excluding hydrogens is 266 g/mol. The molecular formula is C16H27N3S. The Morgan fingerprint density at radius 1 is 1.40 bits per heavy atom. The van der Waals surface area contributed by atoms with E-state index in [0.29, 0.717) is 12.1 Å². The molecule has 20 heavy (non-hydrogen) atoms. The molecule has 3 unspecified atom stereocenters. The molecule has 3 nitrogen and oxygen atoms in total. The van der Waals surface area contributed by atoms with Crippen LogP contribution in [0.15, 0.2) is 6.20 Å². The topological polar surface area (TPSA) is 19.4 Å². The summed E-state index contributed by atoms with van der Waals surface area (Å²) in [6.07, 6.45) is 7.36. The van der Waals surface area contributed by atoms with Crippen molar-refractivity contribution in [1.29, 1.82) is 0 Å². The van der Waals surface area contributed by atoms with Crippen LogP contribution in [0.4, 0.5) is 0 Å². The van der Waals surface area contributed by atoms with Gasteiger partial charge in [-0.3, -0.25) is 9.80 Å². The molecule has 0 spiro atoms. The summed E-state index contributed by atoms with van der Waals surface area (Å²) in [5.74, 6) is 0. The fourth-order valence-corrected chi connectivity index (χ4v) is 4.67. The fraction of sp³-hybridized carbons (Fsp3) is 0.812. The predicted octanol–water partition coefficient (Wildman–Crippen LogP) is 3.33. The number of hydrogen-bond acceptors (Lipinski definition) is 4. The maximum absolute atomic E-state index is 4.66. The molecule has 1 aromatic heterocycles. The quantitative estimate of drug-likeness (QED) is 0.852. The molecule has 4 heteroatoms.